The summed E-state index contributed by atoms with van der Waals surface area (Å²) in [6, 6.07) is 13.0. The molecule has 0 aliphatic heterocycles. The predicted molar refractivity (Wildman–Crippen MR) is 123 cm³/mol. The highest BCUT2D eigenvalue weighted by Crippen LogP contribution is 2.23. The molecule has 3 aromatic rings. The van der Waals surface area contributed by atoms with Crippen LogP contribution in [0.15, 0.2) is 54.7 Å². The van der Waals surface area contributed by atoms with Gasteiger partial charge in [-0.1, -0.05) is 26.0 Å². The van der Waals surface area contributed by atoms with Crippen molar-refractivity contribution in [1.82, 2.24) is 20.4 Å². The van der Waals surface area contributed by atoms with Gasteiger partial charge in [-0.15, -0.1) is 0 Å². The van der Waals surface area contributed by atoms with E-state index >= 15 is 0 Å². The summed E-state index contributed by atoms with van der Waals surface area (Å²) in [7, 11) is 0. The van der Waals surface area contributed by atoms with Crippen LogP contribution in [0.2, 0.25) is 0 Å². The third kappa shape index (κ3) is 5.72. The Morgan fingerprint density at radius 1 is 1.00 bits per heavy atom. The summed E-state index contributed by atoms with van der Waals surface area (Å²) < 4.78 is 14.9. The highest BCUT2D eigenvalue weighted by molar-refractivity contribution is 5.95. The van der Waals surface area contributed by atoms with Crippen LogP contribution in [-0.2, 0) is 6.54 Å². The number of aromatic nitrogens is 2. The second kappa shape index (κ2) is 10.1. The van der Waals surface area contributed by atoms with E-state index in [2.05, 4.69) is 21.0 Å². The molecule has 0 aliphatic rings. The van der Waals surface area contributed by atoms with Gasteiger partial charge in [0.1, 0.15) is 5.82 Å². The second-order valence-electron chi connectivity index (χ2n) is 8.12. The van der Waals surface area contributed by atoms with Crippen LogP contribution in [0, 0.1) is 5.82 Å². The predicted octanol–water partition coefficient (Wildman–Crippen LogP) is 4.59. The number of hydrogen-bond acceptors (Lipinski definition) is 3. The van der Waals surface area contributed by atoms with Crippen molar-refractivity contribution in [3.05, 3.63) is 77.4 Å². The normalized spacial score (nSPS) is 11.0. The van der Waals surface area contributed by atoms with E-state index in [9.17, 15) is 14.0 Å². The van der Waals surface area contributed by atoms with Crippen LogP contribution >= 0.6 is 0 Å². The van der Waals surface area contributed by atoms with Gasteiger partial charge in [-0.2, -0.15) is 5.10 Å². The highest BCUT2D eigenvalue weighted by atomic mass is 19.1. The van der Waals surface area contributed by atoms with Crippen LogP contribution in [0.4, 0.5) is 14.9 Å². The molecule has 0 spiro atoms. The average Bonchev–Trinajstić information content (AvgIpc) is 3.18. The summed E-state index contributed by atoms with van der Waals surface area (Å²) in [6.07, 6.45) is 1.54. The molecule has 0 atom stereocenters. The topological polar surface area (TPSA) is 88.1 Å². The number of hydrogen-bond donors (Lipinski definition) is 3. The molecule has 32 heavy (non-hydrogen) atoms. The number of anilines is 1. The lowest BCUT2D eigenvalue weighted by Gasteiger charge is -2.13. The number of rotatable bonds is 7. The molecule has 0 radical (unpaired) electrons. The van der Waals surface area contributed by atoms with Gasteiger partial charge in [0.25, 0.3) is 5.91 Å². The molecule has 0 fully saturated rings. The van der Waals surface area contributed by atoms with Gasteiger partial charge in [-0.05, 0) is 61.7 Å². The molecule has 0 aliphatic carbocycles. The van der Waals surface area contributed by atoms with Crippen molar-refractivity contribution < 1.29 is 14.0 Å². The maximum absolute atomic E-state index is 13.3. The fraction of sp³-hybridized carbons (Fsp3) is 0.292. The summed E-state index contributed by atoms with van der Waals surface area (Å²) in [5.41, 5.74) is 3.49. The van der Waals surface area contributed by atoms with E-state index in [1.54, 1.807) is 28.9 Å². The van der Waals surface area contributed by atoms with Crippen molar-refractivity contribution in [2.24, 2.45) is 0 Å². The van der Waals surface area contributed by atoms with Gasteiger partial charge in [0.05, 0.1) is 23.1 Å². The quantitative estimate of drug-likeness (QED) is 0.505. The number of benzene rings is 2. The SMILES string of the molecule is CC(C)NC(=O)Nc1ccc(CNC(=O)c2cnn(-c3ccc(F)cc3)c2C(C)C)cc1. The third-order valence-electron chi connectivity index (χ3n) is 4.75. The van der Waals surface area contributed by atoms with E-state index in [0.717, 1.165) is 11.3 Å². The lowest BCUT2D eigenvalue weighted by atomic mass is 10.0. The van der Waals surface area contributed by atoms with Crippen molar-refractivity contribution in [3.8, 4) is 5.69 Å². The van der Waals surface area contributed by atoms with E-state index in [1.807, 2.05) is 39.8 Å². The maximum atomic E-state index is 13.3. The summed E-state index contributed by atoms with van der Waals surface area (Å²) >= 11 is 0. The molecule has 7 nitrogen and oxygen atoms in total. The first-order valence-electron chi connectivity index (χ1n) is 10.5. The zero-order valence-electron chi connectivity index (χ0n) is 18.6. The van der Waals surface area contributed by atoms with E-state index in [0.29, 0.717) is 23.5 Å². The van der Waals surface area contributed by atoms with Crippen LogP contribution in [0.25, 0.3) is 5.69 Å². The number of carbonyl (C=O) groups is 2. The Morgan fingerprint density at radius 3 is 2.25 bits per heavy atom. The van der Waals surface area contributed by atoms with Gasteiger partial charge in [0.15, 0.2) is 0 Å². The minimum Gasteiger partial charge on any atom is -0.348 e. The van der Waals surface area contributed by atoms with Gasteiger partial charge in [-0.3, -0.25) is 4.79 Å². The van der Waals surface area contributed by atoms with Gasteiger partial charge < -0.3 is 16.0 Å². The number of urea groups is 1. The van der Waals surface area contributed by atoms with Crippen molar-refractivity contribution in [1.29, 1.82) is 0 Å². The zero-order valence-corrected chi connectivity index (χ0v) is 18.6. The Kier molecular flexibility index (Phi) is 7.25. The van der Waals surface area contributed by atoms with E-state index < -0.39 is 0 Å². The Bertz CT molecular complexity index is 1070. The number of carbonyl (C=O) groups excluding carboxylic acids is 2. The molecule has 8 heteroatoms. The van der Waals surface area contributed by atoms with Crippen molar-refractivity contribution >= 4 is 17.6 Å². The summed E-state index contributed by atoms with van der Waals surface area (Å²) in [5, 5.41) is 12.8. The molecule has 0 unspecified atom stereocenters. The first kappa shape index (κ1) is 23.0. The van der Waals surface area contributed by atoms with Crippen molar-refractivity contribution in [2.45, 2.75) is 46.2 Å². The maximum Gasteiger partial charge on any atom is 0.319 e. The molecule has 3 amide bonds. The van der Waals surface area contributed by atoms with E-state index in [4.69, 9.17) is 0 Å². The summed E-state index contributed by atoms with van der Waals surface area (Å²) in [6.45, 7) is 8.07. The highest BCUT2D eigenvalue weighted by Gasteiger charge is 2.20. The first-order valence-corrected chi connectivity index (χ1v) is 10.5. The smallest absolute Gasteiger partial charge is 0.319 e. The fourth-order valence-corrected chi connectivity index (χ4v) is 3.29. The molecule has 3 N–H and O–H groups in total. The molecule has 1 aromatic heterocycles. The lowest BCUT2D eigenvalue weighted by molar-refractivity contribution is 0.0949. The van der Waals surface area contributed by atoms with Gasteiger partial charge >= 0.3 is 6.03 Å². The summed E-state index contributed by atoms with van der Waals surface area (Å²) in [4.78, 5) is 24.6. The van der Waals surface area contributed by atoms with Crippen LogP contribution in [0.1, 0.15) is 55.2 Å². The number of amides is 3. The van der Waals surface area contributed by atoms with Gasteiger partial charge in [0, 0.05) is 18.3 Å². The van der Waals surface area contributed by atoms with Crippen LogP contribution in [-0.4, -0.2) is 27.8 Å². The Hall–Kier alpha value is -3.68. The number of halogens is 1. The molecule has 0 saturated carbocycles. The average molecular weight is 438 g/mol. The van der Waals surface area contributed by atoms with Gasteiger partial charge in [-0.25, -0.2) is 13.9 Å². The molecule has 2 aromatic carbocycles. The monoisotopic (exact) mass is 437 g/mol. The van der Waals surface area contributed by atoms with Crippen LogP contribution in [0.5, 0.6) is 0 Å². The van der Waals surface area contributed by atoms with E-state index in [-0.39, 0.29) is 29.7 Å². The van der Waals surface area contributed by atoms with Crippen molar-refractivity contribution in [3.63, 3.8) is 0 Å². The van der Waals surface area contributed by atoms with E-state index in [1.165, 1.54) is 18.3 Å². The van der Waals surface area contributed by atoms with Crippen molar-refractivity contribution in [2.75, 3.05) is 5.32 Å². The zero-order chi connectivity index (χ0) is 23.3. The molecular weight excluding hydrogens is 409 g/mol. The Morgan fingerprint density at radius 2 is 1.66 bits per heavy atom. The molecule has 0 bridgehead atoms. The molecule has 0 saturated heterocycles. The molecular formula is C24H28FN5O2. The minimum atomic E-state index is -0.327. The first-order chi connectivity index (χ1) is 15.2. The second-order valence-corrected chi connectivity index (χ2v) is 8.12. The molecule has 1 heterocycles. The Labute approximate surface area is 187 Å². The van der Waals surface area contributed by atoms with Crippen LogP contribution < -0.4 is 16.0 Å². The van der Waals surface area contributed by atoms with Gasteiger partial charge in [0.2, 0.25) is 0 Å². The molecule has 168 valence electrons. The standard InChI is InChI=1S/C24H28FN5O2/c1-15(2)22-21(14-27-30(22)20-11-7-18(25)8-12-20)23(31)26-13-17-5-9-19(10-6-17)29-24(32)28-16(3)4/h5-12,14-16H,13H2,1-4H3,(H,26,31)(H2,28,29,32). The lowest BCUT2D eigenvalue weighted by Crippen LogP contribution is -2.34. The Balaban J connectivity index is 1.67. The largest absolute Gasteiger partial charge is 0.348 e. The number of nitrogens with zero attached hydrogens (tertiary/aromatic N) is 2. The minimum absolute atomic E-state index is 0.0330. The molecule has 3 rings (SSSR count). The third-order valence-corrected chi connectivity index (χ3v) is 4.75. The fourth-order valence-electron chi connectivity index (χ4n) is 3.29. The number of nitrogens with one attached hydrogen (secondary N) is 3. The van der Waals surface area contributed by atoms with Crippen LogP contribution in [0.3, 0.4) is 0 Å². The summed E-state index contributed by atoms with van der Waals surface area (Å²) in [5.74, 6) is -0.530.